The number of unbranched alkanes of at least 4 members (excludes halogenated alkanes) is 1. The second-order valence-corrected chi connectivity index (χ2v) is 14.4. The first-order chi connectivity index (χ1) is 22.4. The summed E-state index contributed by atoms with van der Waals surface area (Å²) in [5.41, 5.74) is 4.21. The average Bonchev–Trinajstić information content (AvgIpc) is 3.03. The van der Waals surface area contributed by atoms with Gasteiger partial charge in [0.2, 0.25) is 11.8 Å². The Labute approximate surface area is 288 Å². The number of aryl methyl sites for hydroxylation is 3. The Balaban J connectivity index is 1.85. The Hall–Kier alpha value is -3.85. The van der Waals surface area contributed by atoms with Crippen LogP contribution in [0.25, 0.3) is 0 Å². The van der Waals surface area contributed by atoms with Crippen molar-refractivity contribution < 1.29 is 18.0 Å². The van der Waals surface area contributed by atoms with Gasteiger partial charge in [0, 0.05) is 35.1 Å². The normalized spacial score (nSPS) is 12.0. The number of nitrogens with one attached hydrogen (secondary N) is 1. The molecule has 0 spiro atoms. The summed E-state index contributed by atoms with van der Waals surface area (Å²) in [6.45, 7) is 7.40. The summed E-state index contributed by atoms with van der Waals surface area (Å²) >= 11 is 13.2. The van der Waals surface area contributed by atoms with Crippen LogP contribution < -0.4 is 9.62 Å². The van der Waals surface area contributed by atoms with Gasteiger partial charge >= 0.3 is 0 Å². The third-order valence-electron chi connectivity index (χ3n) is 8.00. The summed E-state index contributed by atoms with van der Waals surface area (Å²) in [6, 6.07) is 25.3. The van der Waals surface area contributed by atoms with Gasteiger partial charge in [-0.1, -0.05) is 108 Å². The predicted molar refractivity (Wildman–Crippen MR) is 190 cm³/mol. The first-order valence-electron chi connectivity index (χ1n) is 15.6. The molecule has 248 valence electrons. The van der Waals surface area contributed by atoms with E-state index in [0.29, 0.717) is 33.4 Å². The minimum absolute atomic E-state index is 0.0507. The van der Waals surface area contributed by atoms with Crippen LogP contribution in [0.3, 0.4) is 0 Å². The van der Waals surface area contributed by atoms with Gasteiger partial charge in [-0.3, -0.25) is 13.9 Å². The molecule has 0 saturated carbocycles. The molecule has 10 heteroatoms. The largest absolute Gasteiger partial charge is 0.354 e. The fourth-order valence-electron chi connectivity index (χ4n) is 5.35. The van der Waals surface area contributed by atoms with Gasteiger partial charge in [0.15, 0.2) is 0 Å². The third-order valence-corrected chi connectivity index (χ3v) is 10.5. The highest BCUT2D eigenvalue weighted by molar-refractivity contribution is 7.92. The summed E-state index contributed by atoms with van der Waals surface area (Å²) in [5, 5.41) is 3.65. The molecule has 1 unspecified atom stereocenters. The Bertz CT molecular complexity index is 1780. The van der Waals surface area contributed by atoms with Crippen LogP contribution in [-0.2, 0) is 32.6 Å². The fourth-order valence-corrected chi connectivity index (χ4v) is 7.35. The lowest BCUT2D eigenvalue weighted by Gasteiger charge is -2.34. The highest BCUT2D eigenvalue weighted by atomic mass is 35.5. The molecule has 0 aliphatic heterocycles. The van der Waals surface area contributed by atoms with Crippen LogP contribution in [-0.4, -0.2) is 44.3 Å². The lowest BCUT2D eigenvalue weighted by Crippen LogP contribution is -2.53. The lowest BCUT2D eigenvalue weighted by atomic mass is 10.0. The summed E-state index contributed by atoms with van der Waals surface area (Å²) in [5.74, 6) is -0.929. The summed E-state index contributed by atoms with van der Waals surface area (Å²) in [4.78, 5) is 30.1. The van der Waals surface area contributed by atoms with Gasteiger partial charge in [-0.25, -0.2) is 8.42 Å². The van der Waals surface area contributed by atoms with Crippen molar-refractivity contribution in [3.63, 3.8) is 0 Å². The summed E-state index contributed by atoms with van der Waals surface area (Å²) in [6.07, 6.45) is 1.84. The zero-order chi connectivity index (χ0) is 34.1. The molecule has 4 aromatic rings. The smallest absolute Gasteiger partial charge is 0.264 e. The van der Waals surface area contributed by atoms with Gasteiger partial charge < -0.3 is 10.2 Å². The molecule has 0 heterocycles. The minimum atomic E-state index is -4.21. The number of nitrogens with zero attached hydrogens (tertiary/aromatic N) is 2. The maximum absolute atomic E-state index is 14.7. The number of carbonyl (C=O) groups excluding carboxylic acids is 2. The topological polar surface area (TPSA) is 86.8 Å². The standard InChI is InChI=1S/C37H41Cl2N3O4S/c1-5-6-21-40-37(44)35(23-29-11-8-7-9-12-29)41(24-31-32(38)13-10-14-33(31)39)36(43)25-42(34-20-17-27(3)22-28(34)4)47(45,46)30-18-15-26(2)16-19-30/h7-20,22,35H,5-6,21,23-25H2,1-4H3,(H,40,44). The van der Waals surface area contributed by atoms with Crippen LogP contribution in [0.4, 0.5) is 5.69 Å². The molecule has 2 amide bonds. The van der Waals surface area contributed by atoms with Gasteiger partial charge in [-0.2, -0.15) is 0 Å². The van der Waals surface area contributed by atoms with E-state index in [-0.39, 0.29) is 23.8 Å². The zero-order valence-corrected chi connectivity index (χ0v) is 29.5. The number of halogens is 2. The van der Waals surface area contributed by atoms with Gasteiger partial charge in [0.25, 0.3) is 10.0 Å². The van der Waals surface area contributed by atoms with Crippen LogP contribution in [0.15, 0.2) is 95.9 Å². The SMILES string of the molecule is CCCCNC(=O)C(Cc1ccccc1)N(Cc1c(Cl)cccc1Cl)C(=O)CN(c1ccc(C)cc1C)S(=O)(=O)c1ccc(C)cc1. The number of benzene rings is 4. The first-order valence-corrected chi connectivity index (χ1v) is 17.8. The van der Waals surface area contributed by atoms with E-state index in [9.17, 15) is 18.0 Å². The molecule has 0 radical (unpaired) electrons. The number of sulfonamides is 1. The molecule has 0 aliphatic carbocycles. The first kappa shape index (κ1) is 36.0. The van der Waals surface area contributed by atoms with Crippen LogP contribution in [0.1, 0.15) is 47.6 Å². The van der Waals surface area contributed by atoms with E-state index in [4.69, 9.17) is 23.2 Å². The molecule has 0 saturated heterocycles. The zero-order valence-electron chi connectivity index (χ0n) is 27.2. The maximum Gasteiger partial charge on any atom is 0.264 e. The molecule has 0 bridgehead atoms. The van der Waals surface area contributed by atoms with Crippen molar-refractivity contribution in [2.24, 2.45) is 0 Å². The maximum atomic E-state index is 14.7. The second-order valence-electron chi connectivity index (χ2n) is 11.7. The van der Waals surface area contributed by atoms with E-state index in [1.165, 1.54) is 17.0 Å². The number of anilines is 1. The second kappa shape index (κ2) is 16.3. The molecule has 7 nitrogen and oxygen atoms in total. The van der Waals surface area contributed by atoms with Gasteiger partial charge in [-0.05, 0) is 68.7 Å². The van der Waals surface area contributed by atoms with Crippen molar-refractivity contribution in [3.8, 4) is 0 Å². The molecule has 47 heavy (non-hydrogen) atoms. The highest BCUT2D eigenvalue weighted by Gasteiger charge is 2.35. The van der Waals surface area contributed by atoms with Gasteiger partial charge in [-0.15, -0.1) is 0 Å². The van der Waals surface area contributed by atoms with Crippen molar-refractivity contribution >= 4 is 50.7 Å². The van der Waals surface area contributed by atoms with Gasteiger partial charge in [0.1, 0.15) is 12.6 Å². The van der Waals surface area contributed by atoms with Crippen LogP contribution >= 0.6 is 23.2 Å². The van der Waals surface area contributed by atoms with E-state index in [0.717, 1.165) is 33.8 Å². The van der Waals surface area contributed by atoms with E-state index >= 15 is 0 Å². The minimum Gasteiger partial charge on any atom is -0.354 e. The van der Waals surface area contributed by atoms with Crippen molar-refractivity contribution in [3.05, 3.63) is 129 Å². The number of rotatable bonds is 14. The predicted octanol–water partition coefficient (Wildman–Crippen LogP) is 7.67. The number of carbonyl (C=O) groups is 2. The van der Waals surface area contributed by atoms with Crippen LogP contribution in [0.2, 0.25) is 10.0 Å². The molecule has 1 atom stereocenters. The highest BCUT2D eigenvalue weighted by Crippen LogP contribution is 2.30. The van der Waals surface area contributed by atoms with Crippen LogP contribution in [0.5, 0.6) is 0 Å². The third kappa shape index (κ3) is 9.15. The van der Waals surface area contributed by atoms with E-state index in [1.54, 1.807) is 36.4 Å². The average molecular weight is 695 g/mol. The Morgan fingerprint density at radius 3 is 2.09 bits per heavy atom. The molecular formula is C37H41Cl2N3O4S. The van der Waals surface area contributed by atoms with Crippen LogP contribution in [0, 0.1) is 20.8 Å². The molecule has 1 N–H and O–H groups in total. The van der Waals surface area contributed by atoms with E-state index in [2.05, 4.69) is 5.32 Å². The van der Waals surface area contributed by atoms with Gasteiger partial charge in [0.05, 0.1) is 10.6 Å². The van der Waals surface area contributed by atoms with E-state index in [1.807, 2.05) is 70.2 Å². The lowest BCUT2D eigenvalue weighted by molar-refractivity contribution is -0.140. The fraction of sp³-hybridized carbons (Fsp3) is 0.297. The van der Waals surface area contributed by atoms with Crippen molar-refractivity contribution in [1.82, 2.24) is 10.2 Å². The Morgan fingerprint density at radius 1 is 0.830 bits per heavy atom. The summed E-state index contributed by atoms with van der Waals surface area (Å²) < 4.78 is 29.7. The number of hydrogen-bond acceptors (Lipinski definition) is 4. The molecule has 0 fully saturated rings. The molecule has 0 aromatic heterocycles. The number of hydrogen-bond donors (Lipinski definition) is 1. The quantitative estimate of drug-likeness (QED) is 0.137. The molecule has 4 aromatic carbocycles. The van der Waals surface area contributed by atoms with Crippen molar-refractivity contribution in [2.45, 2.75) is 64.4 Å². The van der Waals surface area contributed by atoms with Crippen molar-refractivity contribution in [2.75, 3.05) is 17.4 Å². The Kier molecular flexibility index (Phi) is 12.5. The van der Waals surface area contributed by atoms with E-state index < -0.39 is 28.5 Å². The number of amides is 2. The molecule has 0 aliphatic rings. The molecular weight excluding hydrogens is 653 g/mol. The van der Waals surface area contributed by atoms with Crippen molar-refractivity contribution in [1.29, 1.82) is 0 Å². The molecule has 4 rings (SSSR count). The Morgan fingerprint density at radius 2 is 1.47 bits per heavy atom. The monoisotopic (exact) mass is 693 g/mol. The summed E-state index contributed by atoms with van der Waals surface area (Å²) in [7, 11) is -4.21.